The average Bonchev–Trinajstić information content (AvgIpc) is 2.97. The molecule has 0 saturated carbocycles. The average molecular weight is 259 g/mol. The molecule has 1 aromatic carbocycles. The third-order valence-electron chi connectivity index (χ3n) is 2.89. The summed E-state index contributed by atoms with van der Waals surface area (Å²) < 4.78 is 4.94. The zero-order valence-corrected chi connectivity index (χ0v) is 10.2. The van der Waals surface area contributed by atoms with Crippen LogP contribution in [0.1, 0.15) is 18.8 Å². The van der Waals surface area contributed by atoms with Crippen LogP contribution >= 0.6 is 0 Å². The van der Waals surface area contributed by atoms with Crippen molar-refractivity contribution in [2.24, 2.45) is 0 Å². The zero-order chi connectivity index (χ0) is 13.4. The van der Waals surface area contributed by atoms with Crippen LogP contribution in [0.25, 0.3) is 11.1 Å². The van der Waals surface area contributed by atoms with Crippen LogP contribution < -0.4 is 16.8 Å². The van der Waals surface area contributed by atoms with Crippen molar-refractivity contribution in [1.82, 2.24) is 15.0 Å². The maximum absolute atomic E-state index is 11.1. The van der Waals surface area contributed by atoms with Crippen LogP contribution in [0.2, 0.25) is 0 Å². The van der Waals surface area contributed by atoms with Gasteiger partial charge in [0, 0.05) is 18.5 Å². The minimum absolute atomic E-state index is 0.0339. The van der Waals surface area contributed by atoms with Crippen LogP contribution in [0.5, 0.6) is 0 Å². The molecule has 2 heterocycles. The smallest absolute Gasteiger partial charge is 0.408 e. The van der Waals surface area contributed by atoms with Gasteiger partial charge >= 0.3 is 5.76 Å². The highest BCUT2D eigenvalue weighted by Crippen LogP contribution is 2.27. The molecule has 3 rings (SSSR count). The summed E-state index contributed by atoms with van der Waals surface area (Å²) in [7, 11) is 0. The fraction of sp³-hybridized carbons (Fsp3) is 0.167. The van der Waals surface area contributed by atoms with E-state index in [0.29, 0.717) is 22.5 Å². The fourth-order valence-corrected chi connectivity index (χ4v) is 1.95. The molecule has 0 aliphatic heterocycles. The highest BCUT2D eigenvalue weighted by atomic mass is 16.4. The molecule has 98 valence electrons. The Morgan fingerprint density at radius 1 is 1.47 bits per heavy atom. The normalized spacial score (nSPS) is 12.7. The molecule has 7 heteroatoms. The minimum atomic E-state index is -0.495. The van der Waals surface area contributed by atoms with Crippen LogP contribution in [-0.2, 0) is 0 Å². The van der Waals surface area contributed by atoms with E-state index in [2.05, 4.69) is 20.3 Å². The second-order valence-electron chi connectivity index (χ2n) is 4.29. The molecule has 7 nitrogen and oxygen atoms in total. The monoisotopic (exact) mass is 259 g/mol. The summed E-state index contributed by atoms with van der Waals surface area (Å²) >= 11 is 0. The Kier molecular flexibility index (Phi) is 2.52. The van der Waals surface area contributed by atoms with E-state index in [1.165, 1.54) is 0 Å². The van der Waals surface area contributed by atoms with E-state index < -0.39 is 5.76 Å². The summed E-state index contributed by atoms with van der Waals surface area (Å²) in [5, 5.41) is 3.23. The van der Waals surface area contributed by atoms with Gasteiger partial charge in [0.15, 0.2) is 5.58 Å². The van der Waals surface area contributed by atoms with Crippen molar-refractivity contribution in [3.8, 4) is 0 Å². The summed E-state index contributed by atoms with van der Waals surface area (Å²) in [6, 6.07) is 3.33. The second-order valence-corrected chi connectivity index (χ2v) is 4.29. The molecule has 0 saturated heterocycles. The van der Waals surface area contributed by atoms with Crippen molar-refractivity contribution >= 4 is 22.5 Å². The van der Waals surface area contributed by atoms with E-state index in [9.17, 15) is 4.79 Å². The molecule has 0 fully saturated rings. The fourth-order valence-electron chi connectivity index (χ4n) is 1.95. The van der Waals surface area contributed by atoms with Crippen LogP contribution in [0.3, 0.4) is 0 Å². The molecule has 3 aromatic rings. The number of hydrogen-bond acceptors (Lipinski definition) is 5. The first-order valence-corrected chi connectivity index (χ1v) is 5.81. The molecule has 0 aliphatic rings. The van der Waals surface area contributed by atoms with E-state index in [4.69, 9.17) is 10.2 Å². The van der Waals surface area contributed by atoms with Crippen molar-refractivity contribution in [2.45, 2.75) is 13.0 Å². The largest absolute Gasteiger partial charge is 0.417 e. The van der Waals surface area contributed by atoms with Gasteiger partial charge in [-0.15, -0.1) is 0 Å². The lowest BCUT2D eigenvalue weighted by atomic mass is 10.2. The van der Waals surface area contributed by atoms with E-state index >= 15 is 0 Å². The predicted molar refractivity (Wildman–Crippen MR) is 71.9 cm³/mol. The number of rotatable bonds is 3. The van der Waals surface area contributed by atoms with E-state index in [-0.39, 0.29) is 6.04 Å². The van der Waals surface area contributed by atoms with E-state index in [1.54, 1.807) is 24.5 Å². The van der Waals surface area contributed by atoms with Gasteiger partial charge in [0.05, 0.1) is 22.9 Å². The van der Waals surface area contributed by atoms with Gasteiger partial charge in [-0.1, -0.05) is 0 Å². The molecule has 0 aliphatic carbocycles. The summed E-state index contributed by atoms with van der Waals surface area (Å²) in [5.41, 5.74) is 8.20. The Morgan fingerprint density at radius 2 is 2.32 bits per heavy atom. The Hall–Kier alpha value is -2.70. The number of hydrogen-bond donors (Lipinski definition) is 4. The van der Waals surface area contributed by atoms with Gasteiger partial charge in [-0.05, 0) is 13.0 Å². The van der Waals surface area contributed by atoms with Crippen LogP contribution in [0, 0.1) is 0 Å². The summed E-state index contributed by atoms with van der Waals surface area (Å²) in [6.07, 6.45) is 3.45. The molecule has 0 radical (unpaired) electrons. The summed E-state index contributed by atoms with van der Waals surface area (Å²) in [6.45, 7) is 1.96. The number of anilines is 2. The molecule has 0 amide bonds. The number of oxazole rings is 1. The molecule has 1 unspecified atom stereocenters. The summed E-state index contributed by atoms with van der Waals surface area (Å²) in [5.74, 6) is 0.311. The minimum Gasteiger partial charge on any atom is -0.408 e. The third-order valence-corrected chi connectivity index (χ3v) is 2.89. The Bertz CT molecular complexity index is 756. The van der Waals surface area contributed by atoms with Crippen molar-refractivity contribution in [3.63, 3.8) is 0 Å². The SMILES string of the molecule is CC(Nc1cc2[nH]c(=O)oc2cc1N)c1ncc[nH]1. The molecule has 0 bridgehead atoms. The van der Waals surface area contributed by atoms with E-state index in [0.717, 1.165) is 5.82 Å². The molecule has 5 N–H and O–H groups in total. The molecule has 2 aromatic heterocycles. The number of fused-ring (bicyclic) bond motifs is 1. The van der Waals surface area contributed by atoms with Crippen LogP contribution in [-0.4, -0.2) is 15.0 Å². The highest BCUT2D eigenvalue weighted by molar-refractivity contribution is 5.85. The van der Waals surface area contributed by atoms with Crippen LogP contribution in [0.4, 0.5) is 11.4 Å². The Balaban J connectivity index is 1.96. The van der Waals surface area contributed by atoms with Gasteiger partial charge in [-0.3, -0.25) is 4.98 Å². The standard InChI is InChI=1S/C12H13N5O2/c1-6(11-14-2-3-15-11)16-8-5-9-10(4-7(8)13)19-12(18)17-9/h2-6,16H,13H2,1H3,(H,14,15)(H,17,18). The van der Waals surface area contributed by atoms with Gasteiger partial charge in [0.25, 0.3) is 0 Å². The number of benzene rings is 1. The van der Waals surface area contributed by atoms with E-state index in [1.807, 2.05) is 6.92 Å². The first-order valence-electron chi connectivity index (χ1n) is 5.81. The lowest BCUT2D eigenvalue weighted by molar-refractivity contribution is 0.555. The van der Waals surface area contributed by atoms with Crippen molar-refractivity contribution < 1.29 is 4.42 Å². The molecular formula is C12H13N5O2. The number of imidazole rings is 1. The van der Waals surface area contributed by atoms with Crippen molar-refractivity contribution in [2.75, 3.05) is 11.1 Å². The summed E-state index contributed by atoms with van der Waals surface area (Å²) in [4.78, 5) is 20.9. The Labute approximate surface area is 107 Å². The molecular weight excluding hydrogens is 246 g/mol. The highest BCUT2D eigenvalue weighted by Gasteiger charge is 2.11. The molecule has 19 heavy (non-hydrogen) atoms. The quantitative estimate of drug-likeness (QED) is 0.533. The maximum Gasteiger partial charge on any atom is 0.417 e. The van der Waals surface area contributed by atoms with Gasteiger partial charge in [-0.2, -0.15) is 0 Å². The second kappa shape index (κ2) is 4.20. The van der Waals surface area contributed by atoms with Crippen molar-refractivity contribution in [1.29, 1.82) is 0 Å². The lowest BCUT2D eigenvalue weighted by Crippen LogP contribution is -2.09. The van der Waals surface area contributed by atoms with Gasteiger partial charge in [-0.25, -0.2) is 9.78 Å². The number of nitrogens with two attached hydrogens (primary N) is 1. The van der Waals surface area contributed by atoms with Crippen molar-refractivity contribution in [3.05, 3.63) is 40.9 Å². The van der Waals surface area contributed by atoms with Crippen LogP contribution in [0.15, 0.2) is 33.7 Å². The third kappa shape index (κ3) is 2.05. The first kappa shape index (κ1) is 11.4. The number of aromatic nitrogens is 3. The number of aromatic amines is 2. The number of H-pyrrole nitrogens is 2. The van der Waals surface area contributed by atoms with Gasteiger partial charge in [0.2, 0.25) is 0 Å². The first-order chi connectivity index (χ1) is 9.13. The lowest BCUT2D eigenvalue weighted by Gasteiger charge is -2.14. The topological polar surface area (TPSA) is 113 Å². The molecule has 0 spiro atoms. The number of nitrogens with one attached hydrogen (secondary N) is 3. The Morgan fingerprint density at radius 3 is 3.05 bits per heavy atom. The maximum atomic E-state index is 11.1. The van der Waals surface area contributed by atoms with Gasteiger partial charge in [0.1, 0.15) is 5.82 Å². The zero-order valence-electron chi connectivity index (χ0n) is 10.2. The molecule has 1 atom stereocenters. The number of nitrogen functional groups attached to an aromatic ring is 1. The van der Waals surface area contributed by atoms with Gasteiger partial charge < -0.3 is 20.5 Å². The predicted octanol–water partition coefficient (Wildman–Crippen LogP) is 1.60. The number of nitrogens with zero attached hydrogens (tertiary/aromatic N) is 1.